The molecule has 0 spiro atoms. The Morgan fingerprint density at radius 1 is 1.19 bits per heavy atom. The van der Waals surface area contributed by atoms with Crippen molar-refractivity contribution in [2.75, 3.05) is 13.7 Å². The van der Waals surface area contributed by atoms with Gasteiger partial charge < -0.3 is 9.26 Å². The zero-order chi connectivity index (χ0) is 19.4. The molecule has 0 unspecified atom stereocenters. The molecular weight excluding hydrogens is 386 g/mol. The molecule has 0 aliphatic carbocycles. The predicted molar refractivity (Wildman–Crippen MR) is 105 cm³/mol. The molecule has 0 N–H and O–H groups in total. The van der Waals surface area contributed by atoms with E-state index in [4.69, 9.17) is 20.9 Å². The normalized spacial score (nSPS) is 12.7. The maximum Gasteiger partial charge on any atom is 0.239 e. The third-order valence-corrected chi connectivity index (χ3v) is 5.26. The zero-order valence-electron chi connectivity index (χ0n) is 15.7. The minimum Gasteiger partial charge on any atom is -0.383 e. The van der Waals surface area contributed by atoms with Gasteiger partial charge in [-0.1, -0.05) is 42.4 Å². The monoisotopic (exact) mass is 407 g/mol. The van der Waals surface area contributed by atoms with Crippen molar-refractivity contribution in [3.05, 3.63) is 41.0 Å². The van der Waals surface area contributed by atoms with Crippen LogP contribution in [0.3, 0.4) is 0 Å². The summed E-state index contributed by atoms with van der Waals surface area (Å²) in [5, 5.41) is 14.2. The van der Waals surface area contributed by atoms with Crippen LogP contribution in [0.2, 0.25) is 5.02 Å². The summed E-state index contributed by atoms with van der Waals surface area (Å²) >= 11 is 7.53. The third-order valence-electron chi connectivity index (χ3n) is 3.94. The molecule has 2 heterocycles. The molecule has 1 atom stereocenters. The lowest BCUT2D eigenvalue weighted by Crippen LogP contribution is -2.08. The van der Waals surface area contributed by atoms with E-state index in [1.54, 1.807) is 7.11 Å². The number of halogens is 1. The fourth-order valence-electron chi connectivity index (χ4n) is 2.43. The van der Waals surface area contributed by atoms with Crippen LogP contribution in [0.5, 0.6) is 0 Å². The van der Waals surface area contributed by atoms with E-state index in [0.29, 0.717) is 29.9 Å². The smallest absolute Gasteiger partial charge is 0.239 e. The molecule has 27 heavy (non-hydrogen) atoms. The van der Waals surface area contributed by atoms with Gasteiger partial charge in [-0.2, -0.15) is 4.98 Å². The van der Waals surface area contributed by atoms with Gasteiger partial charge in [0.05, 0.1) is 18.4 Å². The number of thioether (sulfide) groups is 1. The van der Waals surface area contributed by atoms with E-state index in [0.717, 1.165) is 16.5 Å². The molecule has 0 saturated carbocycles. The van der Waals surface area contributed by atoms with Gasteiger partial charge in [0.2, 0.25) is 5.89 Å². The Labute approximate surface area is 167 Å². The lowest BCUT2D eigenvalue weighted by atomic mass is 10.2. The molecule has 1 aromatic carbocycles. The molecular formula is C18H22ClN5O2S. The summed E-state index contributed by atoms with van der Waals surface area (Å²) in [6.45, 7) is 7.27. The van der Waals surface area contributed by atoms with E-state index < -0.39 is 0 Å². The van der Waals surface area contributed by atoms with Crippen molar-refractivity contribution in [1.82, 2.24) is 24.9 Å². The van der Waals surface area contributed by atoms with Crippen molar-refractivity contribution in [2.24, 2.45) is 0 Å². The number of rotatable bonds is 8. The summed E-state index contributed by atoms with van der Waals surface area (Å²) in [5.74, 6) is 2.28. The first kappa shape index (κ1) is 19.9. The standard InChI is InChI=1S/C18H22ClN5O2S/c1-11(2)15-20-17(26-23-15)12(3)27-18-22-21-16(24(18)9-10-25-4)13-5-7-14(19)8-6-13/h5-8,11-12H,9-10H2,1-4H3/t12-/m1/s1. The van der Waals surface area contributed by atoms with Crippen LogP contribution in [-0.2, 0) is 11.3 Å². The number of methoxy groups -OCH3 is 1. The Morgan fingerprint density at radius 3 is 2.56 bits per heavy atom. The van der Waals surface area contributed by atoms with Crippen molar-refractivity contribution in [3.8, 4) is 11.4 Å². The zero-order valence-corrected chi connectivity index (χ0v) is 17.3. The Kier molecular flexibility index (Phi) is 6.51. The van der Waals surface area contributed by atoms with E-state index in [2.05, 4.69) is 20.3 Å². The molecule has 0 aliphatic heterocycles. The Balaban J connectivity index is 1.86. The highest BCUT2D eigenvalue weighted by atomic mass is 35.5. The van der Waals surface area contributed by atoms with Gasteiger partial charge >= 0.3 is 0 Å². The van der Waals surface area contributed by atoms with E-state index in [1.807, 2.05) is 49.6 Å². The van der Waals surface area contributed by atoms with Gasteiger partial charge in [0.15, 0.2) is 16.8 Å². The maximum atomic E-state index is 6.00. The van der Waals surface area contributed by atoms with Crippen LogP contribution in [0.15, 0.2) is 33.9 Å². The SMILES string of the molecule is COCCn1c(S[C@H](C)c2nc(C(C)C)no2)nnc1-c1ccc(Cl)cc1. The van der Waals surface area contributed by atoms with Crippen molar-refractivity contribution in [2.45, 2.75) is 43.6 Å². The molecule has 0 aliphatic rings. The minimum absolute atomic E-state index is 0.0476. The molecule has 0 radical (unpaired) electrons. The number of nitrogens with zero attached hydrogens (tertiary/aromatic N) is 5. The summed E-state index contributed by atoms with van der Waals surface area (Å²) in [5.41, 5.74) is 0.947. The van der Waals surface area contributed by atoms with Crippen LogP contribution in [0, 0.1) is 0 Å². The van der Waals surface area contributed by atoms with Gasteiger partial charge in [0, 0.05) is 23.6 Å². The number of hydrogen-bond donors (Lipinski definition) is 0. The van der Waals surface area contributed by atoms with E-state index in [9.17, 15) is 0 Å². The van der Waals surface area contributed by atoms with Gasteiger partial charge in [0.25, 0.3) is 0 Å². The molecule has 0 bridgehead atoms. The number of hydrogen-bond acceptors (Lipinski definition) is 7. The first-order valence-corrected chi connectivity index (χ1v) is 9.93. The molecule has 0 fully saturated rings. The summed E-state index contributed by atoms with van der Waals surface area (Å²) in [6.07, 6.45) is 0. The third kappa shape index (κ3) is 4.69. The average molecular weight is 408 g/mol. The van der Waals surface area contributed by atoms with Gasteiger partial charge in [0.1, 0.15) is 0 Å². The second kappa shape index (κ2) is 8.86. The lowest BCUT2D eigenvalue weighted by molar-refractivity contribution is 0.185. The number of ether oxygens (including phenoxy) is 1. The second-order valence-electron chi connectivity index (χ2n) is 6.36. The summed E-state index contributed by atoms with van der Waals surface area (Å²) in [4.78, 5) is 4.48. The highest BCUT2D eigenvalue weighted by Crippen LogP contribution is 2.35. The van der Waals surface area contributed by atoms with Gasteiger partial charge in [-0.15, -0.1) is 10.2 Å². The highest BCUT2D eigenvalue weighted by molar-refractivity contribution is 7.99. The van der Waals surface area contributed by atoms with Crippen LogP contribution in [0.1, 0.15) is 43.7 Å². The molecule has 7 nitrogen and oxygen atoms in total. The molecule has 0 amide bonds. The first-order chi connectivity index (χ1) is 13.0. The quantitative estimate of drug-likeness (QED) is 0.504. The first-order valence-electron chi connectivity index (χ1n) is 8.67. The number of aromatic nitrogens is 5. The Morgan fingerprint density at radius 2 is 1.93 bits per heavy atom. The van der Waals surface area contributed by atoms with Gasteiger partial charge in [-0.05, 0) is 31.2 Å². The summed E-state index contributed by atoms with van der Waals surface area (Å²) in [7, 11) is 1.67. The molecule has 0 saturated heterocycles. The molecule has 3 rings (SSSR count). The molecule has 3 aromatic rings. The average Bonchev–Trinajstić information content (AvgIpc) is 3.28. The summed E-state index contributed by atoms with van der Waals surface area (Å²) < 4.78 is 12.7. The van der Waals surface area contributed by atoms with Crippen LogP contribution in [0.25, 0.3) is 11.4 Å². The Hall–Kier alpha value is -1.90. The van der Waals surface area contributed by atoms with Crippen molar-refractivity contribution < 1.29 is 9.26 Å². The fraction of sp³-hybridized carbons (Fsp3) is 0.444. The van der Waals surface area contributed by atoms with Crippen molar-refractivity contribution >= 4 is 23.4 Å². The Bertz CT molecular complexity index is 878. The highest BCUT2D eigenvalue weighted by Gasteiger charge is 2.22. The van der Waals surface area contributed by atoms with Crippen LogP contribution < -0.4 is 0 Å². The van der Waals surface area contributed by atoms with Crippen molar-refractivity contribution in [1.29, 1.82) is 0 Å². The minimum atomic E-state index is -0.0476. The van der Waals surface area contributed by atoms with Crippen LogP contribution in [0.4, 0.5) is 0 Å². The van der Waals surface area contributed by atoms with Crippen LogP contribution >= 0.6 is 23.4 Å². The summed E-state index contributed by atoms with van der Waals surface area (Å²) in [6, 6.07) is 7.54. The number of benzene rings is 1. The predicted octanol–water partition coefficient (Wildman–Crippen LogP) is 4.60. The van der Waals surface area contributed by atoms with Gasteiger partial charge in [-0.3, -0.25) is 4.57 Å². The lowest BCUT2D eigenvalue weighted by Gasteiger charge is -2.11. The molecule has 9 heteroatoms. The topological polar surface area (TPSA) is 78.9 Å². The van der Waals surface area contributed by atoms with Gasteiger partial charge in [-0.25, -0.2) is 0 Å². The fourth-order valence-corrected chi connectivity index (χ4v) is 3.46. The van der Waals surface area contributed by atoms with E-state index >= 15 is 0 Å². The molecule has 2 aromatic heterocycles. The second-order valence-corrected chi connectivity index (χ2v) is 8.11. The van der Waals surface area contributed by atoms with Crippen LogP contribution in [-0.4, -0.2) is 38.6 Å². The molecule has 144 valence electrons. The van der Waals surface area contributed by atoms with E-state index in [1.165, 1.54) is 11.8 Å². The largest absolute Gasteiger partial charge is 0.383 e. The van der Waals surface area contributed by atoms with Crippen molar-refractivity contribution in [3.63, 3.8) is 0 Å². The maximum absolute atomic E-state index is 6.00. The van der Waals surface area contributed by atoms with E-state index in [-0.39, 0.29) is 11.2 Å².